The minimum Gasteiger partial charge on any atom is -0.465 e. The summed E-state index contributed by atoms with van der Waals surface area (Å²) in [5, 5.41) is 36.6. The molecule has 16 heteroatoms. The number of aromatic nitrogens is 4. The second-order valence-corrected chi connectivity index (χ2v) is 19.9. The number of aliphatic hydroxyl groups is 2. The fourth-order valence-electron chi connectivity index (χ4n) is 10.2. The van der Waals surface area contributed by atoms with Crippen LogP contribution in [0, 0.1) is 11.8 Å². The maximum absolute atomic E-state index is 13.9. The Bertz CT molecular complexity index is 2510. The zero-order chi connectivity index (χ0) is 46.5. The van der Waals surface area contributed by atoms with Crippen LogP contribution in [-0.2, 0) is 19.7 Å². The Morgan fingerprint density at radius 2 is 1.22 bits per heavy atom. The molecule has 3 aliphatic heterocycles. The average molecular weight is 892 g/mol. The number of carboxylic acid groups (broad SMARTS) is 1. The molecule has 2 aromatic heterocycles. The average Bonchev–Trinajstić information content (AvgIpc) is 4.10. The van der Waals surface area contributed by atoms with Crippen molar-refractivity contribution in [2.45, 2.75) is 128 Å². The molecule has 3 amide bonds. The fraction of sp³-hybridized carbons (Fsp3) is 0.531. The third-order valence-corrected chi connectivity index (χ3v) is 13.6. The summed E-state index contributed by atoms with van der Waals surface area (Å²) in [6.07, 6.45) is -0.282. The highest BCUT2D eigenvalue weighted by molar-refractivity contribution is 5.86. The number of carbonyl (C=O) groups excluding carboxylic acids is 2. The number of β-amino-alcohol motifs (C(OH)–C–C–N with tert-alkyl or cyclic N) is 2. The van der Waals surface area contributed by atoms with Crippen molar-refractivity contribution in [3.05, 3.63) is 89.0 Å². The number of fused-ring (bicyclic) bond motifs is 2. The quantitative estimate of drug-likeness (QED) is 0.0626. The Kier molecular flexibility index (Phi) is 13.0. The van der Waals surface area contributed by atoms with Crippen molar-refractivity contribution in [1.82, 2.24) is 40.4 Å². The molecule has 7 N–H and O–H groups in total. The van der Waals surface area contributed by atoms with Gasteiger partial charge in [-0.3, -0.25) is 14.9 Å². The maximum Gasteiger partial charge on any atom is 0.405 e. The van der Waals surface area contributed by atoms with Gasteiger partial charge in [0, 0.05) is 38.7 Å². The predicted octanol–water partition coefficient (Wildman–Crippen LogP) is 6.60. The van der Waals surface area contributed by atoms with Crippen molar-refractivity contribution in [2.75, 3.05) is 31.8 Å². The summed E-state index contributed by atoms with van der Waals surface area (Å²) in [4.78, 5) is 62.0. The van der Waals surface area contributed by atoms with Gasteiger partial charge in [0.15, 0.2) is 0 Å². The molecule has 3 saturated heterocycles. The van der Waals surface area contributed by atoms with Gasteiger partial charge in [0.2, 0.25) is 11.8 Å². The number of carbonyl (C=O) groups is 3. The predicted molar refractivity (Wildman–Crippen MR) is 248 cm³/mol. The summed E-state index contributed by atoms with van der Waals surface area (Å²) in [7, 11) is 1.59. The number of nitrogens with one attached hydrogen (secondary N) is 4. The lowest BCUT2D eigenvalue weighted by Crippen LogP contribution is -2.51. The van der Waals surface area contributed by atoms with E-state index in [0.29, 0.717) is 18.1 Å². The Balaban J connectivity index is 1.10. The van der Waals surface area contributed by atoms with E-state index in [4.69, 9.17) is 14.7 Å². The zero-order valence-electron chi connectivity index (χ0n) is 38.7. The van der Waals surface area contributed by atoms with E-state index in [1.54, 1.807) is 30.8 Å². The number of hydrogen-bond acceptors (Lipinski definition) is 10. The number of amides is 3. The van der Waals surface area contributed by atoms with Crippen LogP contribution in [0.2, 0.25) is 0 Å². The van der Waals surface area contributed by atoms with Crippen molar-refractivity contribution >= 4 is 45.7 Å². The number of aromatic amines is 2. The number of hydrogen-bond donors (Lipinski definition) is 7. The number of anilines is 1. The molecule has 0 radical (unpaired) electrons. The number of nitrogens with zero attached hydrogens (tertiary/aromatic N) is 5. The van der Waals surface area contributed by atoms with Crippen LogP contribution in [-0.4, -0.2) is 114 Å². The van der Waals surface area contributed by atoms with Gasteiger partial charge in [0.1, 0.15) is 17.7 Å². The summed E-state index contributed by atoms with van der Waals surface area (Å²) < 4.78 is 5.23. The van der Waals surface area contributed by atoms with Crippen LogP contribution in [0.1, 0.15) is 127 Å². The summed E-state index contributed by atoms with van der Waals surface area (Å²) in [5.41, 5.74) is 7.77. The molecule has 5 aromatic rings. The van der Waals surface area contributed by atoms with E-state index in [2.05, 4.69) is 94.8 Å². The molecule has 16 nitrogen and oxygen atoms in total. The fourth-order valence-corrected chi connectivity index (χ4v) is 10.2. The topological polar surface area (TPSA) is 212 Å². The summed E-state index contributed by atoms with van der Waals surface area (Å²) in [5.74, 6) is 0.444. The number of rotatable bonds is 13. The highest BCUT2D eigenvalue weighted by Gasteiger charge is 2.43. The standard InChI is InChI=1S/C49H65N9O7/c1-26(2)42(50-25-65-8)46(61)56-23-32(59)21-40(56)44-51-34-15-9-28(19-36(34)53-44)38-17-18-39(58(38)31-13-11-30(12-14-31)49(5,6)7)29-10-16-35-37(20-29)54-45(52-35)41-22-33(60)24-57(41)47(62)43(27(3)4)55-48(63)64/h9-16,19-20,26-27,32-33,38-43,50,55,59-60H,17-18,21-25H2,1-8H3,(H,51,53)(H,52,54)(H,63,64). The second kappa shape index (κ2) is 18.4. The number of H-pyrrole nitrogens is 2. The lowest BCUT2D eigenvalue weighted by molar-refractivity contribution is -0.137. The van der Waals surface area contributed by atoms with Gasteiger partial charge in [-0.25, -0.2) is 14.8 Å². The number of benzene rings is 3. The largest absolute Gasteiger partial charge is 0.465 e. The van der Waals surface area contributed by atoms with Gasteiger partial charge in [0.05, 0.1) is 71.2 Å². The molecule has 3 aliphatic rings. The Morgan fingerprint density at radius 1 is 0.738 bits per heavy atom. The number of ether oxygens (including phenoxy) is 1. The molecule has 348 valence electrons. The van der Waals surface area contributed by atoms with Gasteiger partial charge in [-0.05, 0) is 83.2 Å². The molecule has 65 heavy (non-hydrogen) atoms. The van der Waals surface area contributed by atoms with Gasteiger partial charge in [-0.1, -0.05) is 72.7 Å². The van der Waals surface area contributed by atoms with Crippen LogP contribution in [0.5, 0.6) is 0 Å². The lowest BCUT2D eigenvalue weighted by Gasteiger charge is -2.34. The summed E-state index contributed by atoms with van der Waals surface area (Å²) in [6.45, 7) is 14.8. The first-order valence-electron chi connectivity index (χ1n) is 23.0. The van der Waals surface area contributed by atoms with Crippen LogP contribution in [0.15, 0.2) is 60.7 Å². The minimum atomic E-state index is -1.27. The molecule has 3 aromatic carbocycles. The van der Waals surface area contributed by atoms with Gasteiger partial charge >= 0.3 is 6.09 Å². The molecule has 0 aliphatic carbocycles. The van der Waals surface area contributed by atoms with Crippen LogP contribution < -0.4 is 15.5 Å². The van der Waals surface area contributed by atoms with E-state index in [9.17, 15) is 29.7 Å². The normalized spacial score (nSPS) is 23.7. The van der Waals surface area contributed by atoms with E-state index in [-0.39, 0.29) is 67.4 Å². The van der Waals surface area contributed by atoms with Gasteiger partial charge in [-0.2, -0.15) is 0 Å². The smallest absolute Gasteiger partial charge is 0.405 e. The SMILES string of the molecule is COCNC(C(=O)N1CC(O)CC1c1nc2ccc(C3CCC(c4ccc5nc(C6CC(O)CN6C(=O)C(NC(=O)O)C(C)C)[nH]c5c4)N3c3ccc(C(C)(C)C)cc3)cc2[nH]1)C(C)C. The van der Waals surface area contributed by atoms with Gasteiger partial charge < -0.3 is 50.0 Å². The molecule has 8 unspecified atom stereocenters. The number of imidazole rings is 2. The maximum atomic E-state index is 13.9. The Hall–Kier alpha value is -5.55. The highest BCUT2D eigenvalue weighted by Crippen LogP contribution is 2.48. The van der Waals surface area contributed by atoms with E-state index in [1.165, 1.54) is 5.56 Å². The van der Waals surface area contributed by atoms with Crippen LogP contribution in [0.3, 0.4) is 0 Å². The van der Waals surface area contributed by atoms with Gasteiger partial charge in [-0.15, -0.1) is 0 Å². The molecule has 8 atom stereocenters. The second-order valence-electron chi connectivity index (χ2n) is 19.9. The zero-order valence-corrected chi connectivity index (χ0v) is 38.7. The van der Waals surface area contributed by atoms with E-state index >= 15 is 0 Å². The molecule has 0 saturated carbocycles. The third-order valence-electron chi connectivity index (χ3n) is 13.6. The van der Waals surface area contributed by atoms with E-state index in [1.807, 2.05) is 26.0 Å². The van der Waals surface area contributed by atoms with E-state index in [0.717, 1.165) is 51.7 Å². The third kappa shape index (κ3) is 9.31. The first-order valence-corrected chi connectivity index (χ1v) is 23.0. The van der Waals surface area contributed by atoms with Crippen LogP contribution in [0.4, 0.5) is 10.5 Å². The number of likely N-dealkylation sites (tertiary alicyclic amines) is 2. The summed E-state index contributed by atoms with van der Waals surface area (Å²) >= 11 is 0. The number of aliphatic hydroxyl groups excluding tert-OH is 2. The van der Waals surface area contributed by atoms with E-state index < -0.39 is 42.5 Å². The molecule has 3 fully saturated rings. The monoisotopic (exact) mass is 892 g/mol. The van der Waals surface area contributed by atoms with Crippen molar-refractivity contribution in [1.29, 1.82) is 0 Å². The Labute approximate surface area is 380 Å². The molecular weight excluding hydrogens is 827 g/mol. The van der Waals surface area contributed by atoms with Crippen molar-refractivity contribution in [3.8, 4) is 0 Å². The van der Waals surface area contributed by atoms with Crippen LogP contribution >= 0.6 is 0 Å². The minimum absolute atomic E-state index is 0.00472. The first kappa shape index (κ1) is 46.0. The van der Waals surface area contributed by atoms with Gasteiger partial charge in [0.25, 0.3) is 0 Å². The first-order chi connectivity index (χ1) is 30.9. The van der Waals surface area contributed by atoms with Crippen molar-refractivity contribution in [3.63, 3.8) is 0 Å². The summed E-state index contributed by atoms with van der Waals surface area (Å²) in [6, 6.07) is 19.1. The highest BCUT2D eigenvalue weighted by atomic mass is 16.5. The van der Waals surface area contributed by atoms with Crippen LogP contribution in [0.25, 0.3) is 22.1 Å². The lowest BCUT2D eigenvalue weighted by atomic mass is 9.87. The number of methoxy groups -OCH3 is 1. The Morgan fingerprint density at radius 3 is 1.65 bits per heavy atom. The molecule has 5 heterocycles. The van der Waals surface area contributed by atoms with Crippen molar-refractivity contribution in [2.24, 2.45) is 11.8 Å². The molecular formula is C49H65N9O7. The molecule has 0 spiro atoms. The molecule has 8 rings (SSSR count). The van der Waals surface area contributed by atoms with Crippen molar-refractivity contribution < 1.29 is 34.4 Å². The molecule has 0 bridgehead atoms.